The van der Waals surface area contributed by atoms with E-state index in [1.807, 2.05) is 0 Å². The Morgan fingerprint density at radius 3 is 2.24 bits per heavy atom. The molecule has 0 bridgehead atoms. The van der Waals surface area contributed by atoms with E-state index in [1.165, 1.54) is 24.3 Å². The molecule has 0 saturated carbocycles. The van der Waals surface area contributed by atoms with Gasteiger partial charge in [0.25, 0.3) is 0 Å². The Hall–Kier alpha value is -2.88. The maximum Gasteiger partial charge on any atom is 0.586 e. The van der Waals surface area contributed by atoms with Crippen LogP contribution in [0.5, 0.6) is 11.5 Å². The molecule has 156 valence electrons. The van der Waals surface area contributed by atoms with Crippen LogP contribution in [0.25, 0.3) is 6.08 Å². The first-order valence-electron chi connectivity index (χ1n) is 9.40. The van der Waals surface area contributed by atoms with Crippen molar-refractivity contribution in [3.63, 3.8) is 0 Å². The molecule has 3 aliphatic heterocycles. The maximum atomic E-state index is 13.1. The van der Waals surface area contributed by atoms with Gasteiger partial charge >= 0.3 is 12.3 Å². The van der Waals surface area contributed by atoms with E-state index in [2.05, 4.69) is 9.47 Å². The van der Waals surface area contributed by atoms with Crippen molar-refractivity contribution in [3.8, 4) is 11.5 Å². The molecule has 29 heavy (non-hydrogen) atoms. The van der Waals surface area contributed by atoms with Gasteiger partial charge in [-0.15, -0.1) is 8.78 Å². The lowest BCUT2D eigenvalue weighted by molar-refractivity contribution is -0.286. The summed E-state index contributed by atoms with van der Waals surface area (Å²) in [7, 11) is 0. The fourth-order valence-corrected chi connectivity index (χ4v) is 3.41. The van der Waals surface area contributed by atoms with E-state index in [1.54, 1.807) is 20.8 Å². The van der Waals surface area contributed by atoms with E-state index in [9.17, 15) is 18.4 Å². The molecule has 2 fully saturated rings. The second-order valence-corrected chi connectivity index (χ2v) is 6.90. The number of fused-ring (bicyclic) bond motifs is 1. The summed E-state index contributed by atoms with van der Waals surface area (Å²) in [4.78, 5) is 30.1. The van der Waals surface area contributed by atoms with Gasteiger partial charge in [-0.1, -0.05) is 6.07 Å². The van der Waals surface area contributed by atoms with Gasteiger partial charge in [-0.05, 0) is 23.8 Å². The predicted molar refractivity (Wildman–Crippen MR) is 97.6 cm³/mol. The van der Waals surface area contributed by atoms with Crippen LogP contribution in [0, 0.1) is 0 Å². The average Bonchev–Trinajstić information content (AvgIpc) is 3.05. The topological polar surface area (TPSA) is 71.6 Å². The number of alkyl halides is 2. The Morgan fingerprint density at radius 1 is 0.897 bits per heavy atom. The highest BCUT2D eigenvalue weighted by atomic mass is 19.3. The lowest BCUT2D eigenvalue weighted by atomic mass is 10.2. The Morgan fingerprint density at radius 2 is 1.52 bits per heavy atom. The maximum absolute atomic E-state index is 13.1. The third kappa shape index (κ3) is 4.42. The van der Waals surface area contributed by atoms with E-state index in [-0.39, 0.29) is 23.4 Å². The molecular formula is C19H21F2N3O5. The van der Waals surface area contributed by atoms with Crippen molar-refractivity contribution in [2.75, 3.05) is 52.5 Å². The van der Waals surface area contributed by atoms with Crippen LogP contribution in [-0.2, 0) is 9.53 Å². The van der Waals surface area contributed by atoms with Gasteiger partial charge in [0.1, 0.15) is 0 Å². The number of hydrogen-bond donors (Lipinski definition) is 0. The molecule has 3 aliphatic rings. The summed E-state index contributed by atoms with van der Waals surface area (Å²) in [5.41, 5.74) is 0.541. The molecule has 4 rings (SSSR count). The summed E-state index contributed by atoms with van der Waals surface area (Å²) >= 11 is 0. The Kier molecular flexibility index (Phi) is 5.27. The van der Waals surface area contributed by atoms with Crippen molar-refractivity contribution in [2.24, 2.45) is 0 Å². The van der Waals surface area contributed by atoms with Gasteiger partial charge in [0, 0.05) is 45.3 Å². The summed E-state index contributed by atoms with van der Waals surface area (Å²) in [6.07, 6.45) is -0.748. The zero-order valence-electron chi connectivity index (χ0n) is 15.7. The van der Waals surface area contributed by atoms with Crippen LogP contribution < -0.4 is 9.47 Å². The molecule has 0 unspecified atom stereocenters. The molecule has 3 heterocycles. The number of piperazine rings is 1. The number of hydrogen-bond acceptors (Lipinski definition) is 5. The predicted octanol–water partition coefficient (Wildman–Crippen LogP) is 1.62. The van der Waals surface area contributed by atoms with Crippen molar-refractivity contribution in [2.45, 2.75) is 6.29 Å². The third-order valence-electron chi connectivity index (χ3n) is 4.99. The third-order valence-corrected chi connectivity index (χ3v) is 4.99. The summed E-state index contributed by atoms with van der Waals surface area (Å²) < 4.78 is 40.2. The molecule has 3 amide bonds. The van der Waals surface area contributed by atoms with E-state index in [0.29, 0.717) is 58.0 Å². The highest BCUT2D eigenvalue weighted by molar-refractivity contribution is 5.92. The van der Waals surface area contributed by atoms with Gasteiger partial charge in [-0.3, -0.25) is 4.79 Å². The first-order valence-corrected chi connectivity index (χ1v) is 9.40. The summed E-state index contributed by atoms with van der Waals surface area (Å²) in [6.45, 7) is 4.08. The molecule has 0 atom stereocenters. The van der Waals surface area contributed by atoms with Crippen LogP contribution in [0.4, 0.5) is 13.6 Å². The van der Waals surface area contributed by atoms with Gasteiger partial charge in [-0.2, -0.15) is 0 Å². The number of amides is 3. The van der Waals surface area contributed by atoms with E-state index in [4.69, 9.17) is 4.74 Å². The first kappa shape index (κ1) is 19.4. The van der Waals surface area contributed by atoms with E-state index < -0.39 is 6.29 Å². The van der Waals surface area contributed by atoms with Crippen LogP contribution in [-0.4, -0.2) is 85.4 Å². The number of benzene rings is 1. The molecule has 1 aromatic rings. The summed E-state index contributed by atoms with van der Waals surface area (Å²) in [5, 5.41) is 0. The number of carbonyl (C=O) groups is 2. The highest BCUT2D eigenvalue weighted by Gasteiger charge is 2.43. The Bertz CT molecular complexity index is 818. The molecule has 0 aliphatic carbocycles. The standard InChI is InChI=1S/C19H21F2N3O5/c20-19(21)28-15-3-1-14(13-16(15)29-19)2-4-17(25)22-5-7-23(8-6-22)18(26)24-9-11-27-12-10-24/h1-4,13H,5-12H2/b4-2+. The largest absolute Gasteiger partial charge is 0.586 e. The zero-order valence-corrected chi connectivity index (χ0v) is 15.7. The molecule has 0 aromatic heterocycles. The number of carbonyl (C=O) groups excluding carboxylic acids is 2. The van der Waals surface area contributed by atoms with Gasteiger partial charge < -0.3 is 28.9 Å². The van der Waals surface area contributed by atoms with Crippen LogP contribution in [0.2, 0.25) is 0 Å². The minimum Gasteiger partial charge on any atom is -0.395 e. The number of halogens is 2. The molecule has 0 N–H and O–H groups in total. The second kappa shape index (κ2) is 7.86. The molecule has 10 heteroatoms. The number of ether oxygens (including phenoxy) is 3. The minimum atomic E-state index is -3.67. The van der Waals surface area contributed by atoms with Crippen molar-refractivity contribution in [1.29, 1.82) is 0 Å². The van der Waals surface area contributed by atoms with Crippen molar-refractivity contribution < 1.29 is 32.6 Å². The SMILES string of the molecule is O=C(/C=C/c1ccc2c(c1)OC(F)(F)O2)N1CCN(C(=O)N2CCOCC2)CC1. The monoisotopic (exact) mass is 409 g/mol. The van der Waals surface area contributed by atoms with Crippen molar-refractivity contribution in [1.82, 2.24) is 14.7 Å². The van der Waals surface area contributed by atoms with Crippen molar-refractivity contribution >= 4 is 18.0 Å². The normalized spacial score (nSPS) is 21.0. The van der Waals surface area contributed by atoms with E-state index in [0.717, 1.165) is 0 Å². The molecule has 0 radical (unpaired) electrons. The van der Waals surface area contributed by atoms with Gasteiger partial charge in [0.2, 0.25) is 5.91 Å². The lowest BCUT2D eigenvalue weighted by Gasteiger charge is -2.38. The highest BCUT2D eigenvalue weighted by Crippen LogP contribution is 2.41. The molecule has 0 spiro atoms. The number of morpholine rings is 1. The molecule has 2 saturated heterocycles. The molecular weight excluding hydrogens is 388 g/mol. The summed E-state index contributed by atoms with van der Waals surface area (Å²) in [5.74, 6) is -0.314. The quantitative estimate of drug-likeness (QED) is 0.695. The minimum absolute atomic E-state index is 0.0203. The number of urea groups is 1. The first-order chi connectivity index (χ1) is 13.9. The van der Waals surface area contributed by atoms with Crippen LogP contribution in [0.1, 0.15) is 5.56 Å². The fourth-order valence-electron chi connectivity index (χ4n) is 3.41. The zero-order chi connectivity index (χ0) is 20.4. The average molecular weight is 409 g/mol. The van der Waals surface area contributed by atoms with Gasteiger partial charge in [-0.25, -0.2) is 4.79 Å². The molecule has 1 aromatic carbocycles. The lowest BCUT2D eigenvalue weighted by Crippen LogP contribution is -2.55. The van der Waals surface area contributed by atoms with Crippen LogP contribution in [0.3, 0.4) is 0 Å². The van der Waals surface area contributed by atoms with Crippen molar-refractivity contribution in [3.05, 3.63) is 29.8 Å². The van der Waals surface area contributed by atoms with Gasteiger partial charge in [0.15, 0.2) is 11.5 Å². The Balaban J connectivity index is 1.29. The van der Waals surface area contributed by atoms with Crippen LogP contribution in [0.15, 0.2) is 24.3 Å². The van der Waals surface area contributed by atoms with Gasteiger partial charge in [0.05, 0.1) is 13.2 Å². The Labute approximate surface area is 166 Å². The summed E-state index contributed by atoms with van der Waals surface area (Å²) in [6, 6.07) is 4.30. The smallest absolute Gasteiger partial charge is 0.395 e. The molecule has 8 nitrogen and oxygen atoms in total. The second-order valence-electron chi connectivity index (χ2n) is 6.90. The fraction of sp³-hybridized carbons (Fsp3) is 0.474. The number of nitrogens with zero attached hydrogens (tertiary/aromatic N) is 3. The van der Waals surface area contributed by atoms with E-state index >= 15 is 0 Å². The van der Waals surface area contributed by atoms with Crippen LogP contribution >= 0.6 is 0 Å². The number of rotatable bonds is 2.